The number of aromatic carboxylic acids is 1. The van der Waals surface area contributed by atoms with Gasteiger partial charge in [0, 0.05) is 36.5 Å². The van der Waals surface area contributed by atoms with Crippen molar-refractivity contribution in [1.29, 1.82) is 0 Å². The van der Waals surface area contributed by atoms with Crippen LogP contribution < -0.4 is 15.3 Å². The van der Waals surface area contributed by atoms with E-state index < -0.39 is 16.8 Å². The maximum absolute atomic E-state index is 12.4. The van der Waals surface area contributed by atoms with Gasteiger partial charge in [-0.3, -0.25) is 19.7 Å². The molecule has 1 atom stereocenters. The Balaban J connectivity index is 1.66. The minimum absolute atomic E-state index is 0.00612. The molecule has 0 radical (unpaired) electrons. The van der Waals surface area contributed by atoms with Crippen LogP contribution in [0.4, 0.5) is 17.1 Å². The van der Waals surface area contributed by atoms with Crippen LogP contribution >= 0.6 is 0 Å². The van der Waals surface area contributed by atoms with Crippen molar-refractivity contribution >= 4 is 34.8 Å². The normalized spacial score (nSPS) is 16.2. The molecule has 3 rings (SSSR count). The fraction of sp³-hybridized carbons (Fsp3) is 0.167. The molecule has 1 heterocycles. The van der Waals surface area contributed by atoms with E-state index in [0.717, 1.165) is 0 Å². The Morgan fingerprint density at radius 1 is 1.07 bits per heavy atom. The van der Waals surface area contributed by atoms with E-state index in [1.165, 1.54) is 53.4 Å². The molecule has 0 bridgehead atoms. The number of hydrogen-bond donors (Lipinski definition) is 1. The summed E-state index contributed by atoms with van der Waals surface area (Å²) in [4.78, 5) is 46.9. The summed E-state index contributed by atoms with van der Waals surface area (Å²) < 4.78 is 0. The Morgan fingerprint density at radius 3 is 2.26 bits per heavy atom. The van der Waals surface area contributed by atoms with Gasteiger partial charge in [0.05, 0.1) is 16.8 Å². The molecule has 9 nitrogen and oxygen atoms in total. The first-order valence-electron chi connectivity index (χ1n) is 8.02. The number of carbonyl (C=O) groups is 3. The third-order valence-electron chi connectivity index (χ3n) is 4.26. The van der Waals surface area contributed by atoms with Crippen LogP contribution in [-0.4, -0.2) is 29.3 Å². The van der Waals surface area contributed by atoms with Crippen molar-refractivity contribution in [3.8, 4) is 0 Å². The molecule has 2 aromatic carbocycles. The first-order valence-corrected chi connectivity index (χ1v) is 8.02. The van der Waals surface area contributed by atoms with Crippen molar-refractivity contribution in [2.75, 3.05) is 16.8 Å². The van der Waals surface area contributed by atoms with Crippen molar-refractivity contribution in [3.63, 3.8) is 0 Å². The number of non-ortho nitro benzene ring substituents is 1. The number of nitro groups is 1. The van der Waals surface area contributed by atoms with Crippen LogP contribution in [-0.2, 0) is 9.59 Å². The number of rotatable bonds is 5. The second-order valence-electron chi connectivity index (χ2n) is 6.03. The molecule has 9 heteroatoms. The fourth-order valence-corrected chi connectivity index (χ4v) is 2.82. The molecule has 1 saturated heterocycles. The zero-order valence-corrected chi connectivity index (χ0v) is 14.0. The number of nitrogens with one attached hydrogen (secondary N) is 1. The van der Waals surface area contributed by atoms with Crippen molar-refractivity contribution in [1.82, 2.24) is 0 Å². The lowest BCUT2D eigenvalue weighted by molar-refractivity contribution is -0.384. The summed E-state index contributed by atoms with van der Waals surface area (Å²) in [5.74, 6) is -2.52. The quantitative estimate of drug-likeness (QED) is 0.617. The molecule has 0 aliphatic carbocycles. The number of carboxylic acids is 1. The van der Waals surface area contributed by atoms with E-state index in [4.69, 9.17) is 0 Å². The Morgan fingerprint density at radius 2 is 1.70 bits per heavy atom. The van der Waals surface area contributed by atoms with E-state index in [9.17, 15) is 29.6 Å². The van der Waals surface area contributed by atoms with Gasteiger partial charge in [0.25, 0.3) is 5.69 Å². The molecule has 0 saturated carbocycles. The van der Waals surface area contributed by atoms with Crippen LogP contribution in [0.25, 0.3) is 0 Å². The number of amides is 2. The summed E-state index contributed by atoms with van der Waals surface area (Å²) in [5, 5.41) is 24.1. The maximum atomic E-state index is 12.4. The molecule has 27 heavy (non-hydrogen) atoms. The second-order valence-corrected chi connectivity index (χ2v) is 6.03. The highest BCUT2D eigenvalue weighted by atomic mass is 16.6. The monoisotopic (exact) mass is 368 g/mol. The molecule has 1 fully saturated rings. The molecule has 2 aromatic rings. The zero-order chi connectivity index (χ0) is 19.6. The maximum Gasteiger partial charge on any atom is 0.269 e. The minimum Gasteiger partial charge on any atom is -0.545 e. The van der Waals surface area contributed by atoms with Crippen LogP contribution in [0.1, 0.15) is 16.8 Å². The van der Waals surface area contributed by atoms with E-state index in [2.05, 4.69) is 5.32 Å². The van der Waals surface area contributed by atoms with Gasteiger partial charge in [0.2, 0.25) is 11.8 Å². The number of hydrogen-bond acceptors (Lipinski definition) is 6. The van der Waals surface area contributed by atoms with Gasteiger partial charge in [-0.25, -0.2) is 0 Å². The summed E-state index contributed by atoms with van der Waals surface area (Å²) in [7, 11) is 0. The van der Waals surface area contributed by atoms with Gasteiger partial charge in [-0.1, -0.05) is 12.1 Å². The third kappa shape index (κ3) is 3.92. The highest BCUT2D eigenvalue weighted by molar-refractivity contribution is 6.03. The van der Waals surface area contributed by atoms with Gasteiger partial charge < -0.3 is 20.1 Å². The van der Waals surface area contributed by atoms with E-state index in [-0.39, 0.29) is 36.0 Å². The number of nitro benzene ring substituents is 1. The third-order valence-corrected chi connectivity index (χ3v) is 4.26. The Hall–Kier alpha value is -3.75. The van der Waals surface area contributed by atoms with Gasteiger partial charge in [-0.05, 0) is 29.8 Å². The van der Waals surface area contributed by atoms with Crippen LogP contribution in [0.5, 0.6) is 0 Å². The van der Waals surface area contributed by atoms with Crippen LogP contribution in [0.15, 0.2) is 48.5 Å². The summed E-state index contributed by atoms with van der Waals surface area (Å²) >= 11 is 0. The molecule has 138 valence electrons. The van der Waals surface area contributed by atoms with Crippen molar-refractivity contribution in [2.24, 2.45) is 5.92 Å². The molecular formula is C18H14N3O6-. The van der Waals surface area contributed by atoms with Crippen LogP contribution in [0.2, 0.25) is 0 Å². The van der Waals surface area contributed by atoms with Gasteiger partial charge >= 0.3 is 0 Å². The molecule has 1 aliphatic heterocycles. The molecule has 0 aromatic heterocycles. The smallest absolute Gasteiger partial charge is 0.269 e. The topological polar surface area (TPSA) is 133 Å². The molecule has 2 amide bonds. The lowest BCUT2D eigenvalue weighted by atomic mass is 10.1. The average Bonchev–Trinajstić information content (AvgIpc) is 3.04. The zero-order valence-electron chi connectivity index (χ0n) is 14.0. The first-order chi connectivity index (χ1) is 12.8. The molecule has 0 spiro atoms. The standard InChI is InChI=1S/C18H15N3O6/c22-16-9-12(10-20(16)14-5-7-15(8-6-14)21(26)27)17(23)19-13-3-1-11(2-4-13)18(24)25/h1-8,12H,9-10H2,(H,19,23)(H,24,25)/p-1/t12-/m0/s1. The van der Waals surface area contributed by atoms with Gasteiger partial charge in [0.1, 0.15) is 0 Å². The Labute approximate surface area is 153 Å². The second kappa shape index (κ2) is 7.24. The number of benzene rings is 2. The van der Waals surface area contributed by atoms with Gasteiger partial charge in [0.15, 0.2) is 0 Å². The summed E-state index contributed by atoms with van der Waals surface area (Å²) in [5.41, 5.74) is 0.804. The minimum atomic E-state index is -1.31. The predicted molar refractivity (Wildman–Crippen MR) is 93.0 cm³/mol. The summed E-state index contributed by atoms with van der Waals surface area (Å²) in [6.07, 6.45) is 0.0138. The van der Waals surface area contributed by atoms with E-state index in [1.807, 2.05) is 0 Å². The number of carboxylic acid groups (broad SMARTS) is 1. The molecule has 1 aliphatic rings. The van der Waals surface area contributed by atoms with Gasteiger partial charge in [-0.2, -0.15) is 0 Å². The SMILES string of the molecule is O=C([O-])c1ccc(NC(=O)[C@H]2CC(=O)N(c3ccc([N+](=O)[O-])cc3)C2)cc1. The predicted octanol–water partition coefficient (Wildman–Crippen LogP) is 0.950. The highest BCUT2D eigenvalue weighted by Gasteiger charge is 2.35. The van der Waals surface area contributed by atoms with Crippen LogP contribution in [0.3, 0.4) is 0 Å². The largest absolute Gasteiger partial charge is 0.545 e. The lowest BCUT2D eigenvalue weighted by Crippen LogP contribution is -2.28. The molecule has 0 unspecified atom stereocenters. The van der Waals surface area contributed by atoms with Crippen molar-refractivity contribution < 1.29 is 24.4 Å². The lowest BCUT2D eigenvalue weighted by Gasteiger charge is -2.16. The Kier molecular flexibility index (Phi) is 4.84. The van der Waals surface area contributed by atoms with E-state index >= 15 is 0 Å². The van der Waals surface area contributed by atoms with Gasteiger partial charge in [-0.15, -0.1) is 0 Å². The number of carbonyl (C=O) groups excluding carboxylic acids is 3. The first kappa shape index (κ1) is 18.1. The molecular weight excluding hydrogens is 354 g/mol. The summed E-state index contributed by atoms with van der Waals surface area (Å²) in [6, 6.07) is 11.0. The number of nitrogens with zero attached hydrogens (tertiary/aromatic N) is 2. The van der Waals surface area contributed by atoms with Crippen molar-refractivity contribution in [2.45, 2.75) is 6.42 Å². The van der Waals surface area contributed by atoms with Crippen molar-refractivity contribution in [3.05, 3.63) is 64.2 Å². The summed E-state index contributed by atoms with van der Waals surface area (Å²) in [6.45, 7) is 0.152. The average molecular weight is 368 g/mol. The number of anilines is 2. The Bertz CT molecular complexity index is 908. The fourth-order valence-electron chi connectivity index (χ4n) is 2.82. The van der Waals surface area contributed by atoms with Crippen LogP contribution in [0, 0.1) is 16.0 Å². The van der Waals surface area contributed by atoms with E-state index in [0.29, 0.717) is 11.4 Å². The van der Waals surface area contributed by atoms with E-state index in [1.54, 1.807) is 0 Å². The molecule has 1 N–H and O–H groups in total. The highest BCUT2D eigenvalue weighted by Crippen LogP contribution is 2.27.